The minimum atomic E-state index is -0.349. The Morgan fingerprint density at radius 3 is 2.56 bits per heavy atom. The molecular formula is C21H22N2O3S. The average molecular weight is 382 g/mol. The lowest BCUT2D eigenvalue weighted by molar-refractivity contribution is -0.143. The van der Waals surface area contributed by atoms with Crippen LogP contribution in [-0.4, -0.2) is 23.1 Å². The van der Waals surface area contributed by atoms with E-state index in [-0.39, 0.29) is 18.4 Å². The van der Waals surface area contributed by atoms with Gasteiger partial charge in [-0.3, -0.25) is 9.59 Å². The lowest BCUT2D eigenvalue weighted by Gasteiger charge is -2.05. The highest BCUT2D eigenvalue weighted by molar-refractivity contribution is 7.16. The number of hydrogen-bond donors (Lipinski definition) is 0. The summed E-state index contributed by atoms with van der Waals surface area (Å²) in [6.07, 6.45) is 0. The number of hydrogen-bond acceptors (Lipinski definition) is 4. The van der Waals surface area contributed by atoms with Gasteiger partial charge in [-0.1, -0.05) is 23.5 Å². The standard InChI is InChI=1S/C21H22N2O3S/c1-5-26-19(24)12-23-17-9-6-13(2)10-18(17)27-21(23)22-20(25)16-8-7-14(3)15(4)11-16/h6-11H,5,12H2,1-4H3. The quantitative estimate of drug-likeness (QED) is 0.642. The highest BCUT2D eigenvalue weighted by atomic mass is 32.1. The Hall–Kier alpha value is -2.73. The van der Waals surface area contributed by atoms with Crippen LogP contribution < -0.4 is 4.80 Å². The van der Waals surface area contributed by atoms with E-state index in [0.29, 0.717) is 17.0 Å². The number of benzene rings is 2. The van der Waals surface area contributed by atoms with E-state index in [1.807, 2.05) is 51.1 Å². The van der Waals surface area contributed by atoms with Crippen LogP contribution in [0.3, 0.4) is 0 Å². The molecule has 0 aliphatic heterocycles. The molecule has 2 aromatic carbocycles. The molecule has 3 aromatic rings. The van der Waals surface area contributed by atoms with Crippen LogP contribution in [0, 0.1) is 20.8 Å². The SMILES string of the molecule is CCOC(=O)Cn1c(=NC(=O)c2ccc(C)c(C)c2)sc2cc(C)ccc21. The molecule has 0 radical (unpaired) electrons. The van der Waals surface area contributed by atoms with Crippen LogP contribution in [0.5, 0.6) is 0 Å². The Balaban J connectivity index is 2.10. The molecule has 140 valence electrons. The number of ether oxygens (including phenoxy) is 1. The molecule has 0 aliphatic carbocycles. The molecule has 0 spiro atoms. The summed E-state index contributed by atoms with van der Waals surface area (Å²) in [5.74, 6) is -0.670. The maximum Gasteiger partial charge on any atom is 0.326 e. The van der Waals surface area contributed by atoms with Gasteiger partial charge in [0.05, 0.1) is 16.8 Å². The Morgan fingerprint density at radius 1 is 1.07 bits per heavy atom. The predicted molar refractivity (Wildman–Crippen MR) is 107 cm³/mol. The summed E-state index contributed by atoms with van der Waals surface area (Å²) in [7, 11) is 0. The number of aryl methyl sites for hydroxylation is 3. The molecule has 0 unspecified atom stereocenters. The van der Waals surface area contributed by atoms with Crippen molar-refractivity contribution in [1.82, 2.24) is 4.57 Å². The first-order chi connectivity index (χ1) is 12.9. The summed E-state index contributed by atoms with van der Waals surface area (Å²) in [6.45, 7) is 8.08. The van der Waals surface area contributed by atoms with E-state index >= 15 is 0 Å². The Kier molecular flexibility index (Phi) is 5.56. The number of carbonyl (C=O) groups excluding carboxylic acids is 2. The number of fused-ring (bicyclic) bond motifs is 1. The van der Waals surface area contributed by atoms with Crippen LogP contribution in [0.15, 0.2) is 41.4 Å². The minimum Gasteiger partial charge on any atom is -0.465 e. The zero-order valence-corrected chi connectivity index (χ0v) is 16.7. The summed E-state index contributed by atoms with van der Waals surface area (Å²) in [4.78, 5) is 29.5. The van der Waals surface area contributed by atoms with Crippen LogP contribution in [0.1, 0.15) is 34.0 Å². The summed E-state index contributed by atoms with van der Waals surface area (Å²) in [5.41, 5.74) is 4.68. The number of carbonyl (C=O) groups is 2. The third-order valence-electron chi connectivity index (χ3n) is 4.38. The van der Waals surface area contributed by atoms with Crippen molar-refractivity contribution < 1.29 is 14.3 Å². The molecule has 0 fully saturated rings. The van der Waals surface area contributed by atoms with Gasteiger partial charge in [-0.25, -0.2) is 0 Å². The Bertz CT molecular complexity index is 1090. The van der Waals surface area contributed by atoms with Gasteiger partial charge in [0, 0.05) is 5.56 Å². The predicted octanol–water partition coefficient (Wildman–Crippen LogP) is 3.93. The monoisotopic (exact) mass is 382 g/mol. The van der Waals surface area contributed by atoms with Crippen molar-refractivity contribution in [2.45, 2.75) is 34.2 Å². The van der Waals surface area contributed by atoms with Gasteiger partial charge in [-0.05, 0) is 68.7 Å². The van der Waals surface area contributed by atoms with Crippen molar-refractivity contribution in [2.24, 2.45) is 4.99 Å². The summed E-state index contributed by atoms with van der Waals surface area (Å²) >= 11 is 1.40. The van der Waals surface area contributed by atoms with Crippen LogP contribution in [0.2, 0.25) is 0 Å². The molecule has 1 aromatic heterocycles. The lowest BCUT2D eigenvalue weighted by Crippen LogP contribution is -2.23. The molecule has 5 nitrogen and oxygen atoms in total. The maximum absolute atomic E-state index is 12.7. The second-order valence-electron chi connectivity index (χ2n) is 6.46. The normalized spacial score (nSPS) is 11.8. The highest BCUT2D eigenvalue weighted by Crippen LogP contribution is 2.19. The van der Waals surface area contributed by atoms with Crippen molar-refractivity contribution in [2.75, 3.05) is 6.61 Å². The maximum atomic E-state index is 12.7. The van der Waals surface area contributed by atoms with Crippen LogP contribution in [0.4, 0.5) is 0 Å². The number of rotatable bonds is 4. The van der Waals surface area contributed by atoms with E-state index in [2.05, 4.69) is 4.99 Å². The molecule has 1 heterocycles. The van der Waals surface area contributed by atoms with Crippen LogP contribution in [-0.2, 0) is 16.1 Å². The van der Waals surface area contributed by atoms with Crippen molar-refractivity contribution >= 4 is 33.4 Å². The molecule has 1 amide bonds. The van der Waals surface area contributed by atoms with Crippen LogP contribution in [0.25, 0.3) is 10.2 Å². The van der Waals surface area contributed by atoms with Crippen molar-refractivity contribution in [3.8, 4) is 0 Å². The number of thiazole rings is 1. The van der Waals surface area contributed by atoms with Gasteiger partial charge >= 0.3 is 5.97 Å². The van der Waals surface area contributed by atoms with Gasteiger partial charge in [0.25, 0.3) is 5.91 Å². The first-order valence-corrected chi connectivity index (χ1v) is 9.62. The van der Waals surface area contributed by atoms with Gasteiger partial charge in [0.2, 0.25) is 0 Å². The Morgan fingerprint density at radius 2 is 1.85 bits per heavy atom. The second kappa shape index (κ2) is 7.88. The van der Waals surface area contributed by atoms with E-state index in [4.69, 9.17) is 4.74 Å². The molecule has 0 aliphatic rings. The molecule has 0 N–H and O–H groups in total. The molecule has 0 atom stereocenters. The third-order valence-corrected chi connectivity index (χ3v) is 5.42. The summed E-state index contributed by atoms with van der Waals surface area (Å²) in [5, 5.41) is 0. The molecule has 6 heteroatoms. The van der Waals surface area contributed by atoms with Crippen molar-refractivity contribution in [1.29, 1.82) is 0 Å². The smallest absolute Gasteiger partial charge is 0.326 e. The van der Waals surface area contributed by atoms with Gasteiger partial charge in [-0.15, -0.1) is 0 Å². The first-order valence-electron chi connectivity index (χ1n) is 8.81. The van der Waals surface area contributed by atoms with E-state index < -0.39 is 0 Å². The zero-order valence-electron chi connectivity index (χ0n) is 15.9. The van der Waals surface area contributed by atoms with Gasteiger partial charge < -0.3 is 9.30 Å². The summed E-state index contributed by atoms with van der Waals surface area (Å²) < 4.78 is 7.80. The van der Waals surface area contributed by atoms with Gasteiger partial charge in [0.15, 0.2) is 4.80 Å². The highest BCUT2D eigenvalue weighted by Gasteiger charge is 2.13. The summed E-state index contributed by atoms with van der Waals surface area (Å²) in [6, 6.07) is 11.5. The topological polar surface area (TPSA) is 60.7 Å². The average Bonchev–Trinajstić information content (AvgIpc) is 2.93. The van der Waals surface area contributed by atoms with Gasteiger partial charge in [-0.2, -0.15) is 4.99 Å². The van der Waals surface area contributed by atoms with Crippen LogP contribution >= 0.6 is 11.3 Å². The van der Waals surface area contributed by atoms with E-state index in [9.17, 15) is 9.59 Å². The molecule has 0 saturated heterocycles. The molecule has 3 rings (SSSR count). The van der Waals surface area contributed by atoms with E-state index in [0.717, 1.165) is 26.9 Å². The fourth-order valence-electron chi connectivity index (χ4n) is 2.78. The molecule has 27 heavy (non-hydrogen) atoms. The first kappa shape index (κ1) is 19.0. The van der Waals surface area contributed by atoms with Crippen molar-refractivity contribution in [3.63, 3.8) is 0 Å². The van der Waals surface area contributed by atoms with E-state index in [1.54, 1.807) is 17.6 Å². The number of aromatic nitrogens is 1. The van der Waals surface area contributed by atoms with E-state index in [1.165, 1.54) is 11.3 Å². The second-order valence-corrected chi connectivity index (χ2v) is 7.47. The zero-order chi connectivity index (χ0) is 19.6. The van der Waals surface area contributed by atoms with Crippen molar-refractivity contribution in [3.05, 3.63) is 63.5 Å². The number of esters is 1. The fourth-order valence-corrected chi connectivity index (χ4v) is 3.91. The Labute approximate surface area is 161 Å². The third kappa shape index (κ3) is 4.17. The lowest BCUT2D eigenvalue weighted by atomic mass is 10.1. The number of nitrogens with zero attached hydrogens (tertiary/aromatic N) is 2. The minimum absolute atomic E-state index is 0.0237. The van der Waals surface area contributed by atoms with Gasteiger partial charge in [0.1, 0.15) is 6.54 Å². The fraction of sp³-hybridized carbons (Fsp3) is 0.286. The molecule has 0 bridgehead atoms. The number of amides is 1. The molecule has 0 saturated carbocycles. The molecular weight excluding hydrogens is 360 g/mol. The largest absolute Gasteiger partial charge is 0.465 e.